The van der Waals surface area contributed by atoms with Gasteiger partial charge in [-0.3, -0.25) is 0 Å². The fourth-order valence-corrected chi connectivity index (χ4v) is 2.56. The maximum absolute atomic E-state index is 9.37. The molecular weight excluding hydrogens is 282 g/mol. The van der Waals surface area contributed by atoms with E-state index in [9.17, 15) is 5.26 Å². The molecule has 108 valence electrons. The molecule has 0 fully saturated rings. The zero-order valence-corrected chi connectivity index (χ0v) is 12.8. The summed E-state index contributed by atoms with van der Waals surface area (Å²) in [6.45, 7) is 4.27. The molecule has 2 rings (SSSR count). The van der Waals surface area contributed by atoms with E-state index in [1.165, 1.54) is 0 Å². The van der Waals surface area contributed by atoms with Crippen LogP contribution in [0.5, 0.6) is 0 Å². The highest BCUT2D eigenvalue weighted by atomic mass is 32.2. The average molecular weight is 299 g/mol. The van der Waals surface area contributed by atoms with Crippen molar-refractivity contribution < 1.29 is 0 Å². The van der Waals surface area contributed by atoms with E-state index in [0.29, 0.717) is 28.1 Å². The van der Waals surface area contributed by atoms with Crippen LogP contribution < -0.4 is 11.3 Å². The Morgan fingerprint density at radius 3 is 2.57 bits per heavy atom. The molecule has 3 N–H and O–H groups in total. The monoisotopic (exact) mass is 299 g/mol. The average Bonchev–Trinajstić information content (AvgIpc) is 2.52. The number of rotatable bonds is 5. The molecule has 0 radical (unpaired) electrons. The minimum atomic E-state index is 0.359. The van der Waals surface area contributed by atoms with Crippen LogP contribution in [0.3, 0.4) is 0 Å². The van der Waals surface area contributed by atoms with Crippen molar-refractivity contribution in [1.29, 1.82) is 5.26 Å². The molecule has 0 amide bonds. The molecule has 0 aliphatic carbocycles. The predicted molar refractivity (Wildman–Crippen MR) is 85.6 cm³/mol. The van der Waals surface area contributed by atoms with Gasteiger partial charge in [-0.15, -0.1) is 0 Å². The Balaban J connectivity index is 2.51. The van der Waals surface area contributed by atoms with Gasteiger partial charge in [0.15, 0.2) is 11.0 Å². The molecule has 1 aromatic carbocycles. The van der Waals surface area contributed by atoms with Crippen molar-refractivity contribution in [1.82, 2.24) is 9.97 Å². The topological polar surface area (TPSA) is 87.6 Å². The van der Waals surface area contributed by atoms with Gasteiger partial charge in [-0.1, -0.05) is 55.9 Å². The molecule has 0 aliphatic heterocycles. The number of hydrogen-bond acceptors (Lipinski definition) is 6. The molecule has 0 bridgehead atoms. The summed E-state index contributed by atoms with van der Waals surface area (Å²) in [4.78, 5) is 8.84. The van der Waals surface area contributed by atoms with Gasteiger partial charge >= 0.3 is 0 Å². The van der Waals surface area contributed by atoms with Crippen LogP contribution in [0.4, 0.5) is 5.82 Å². The highest BCUT2D eigenvalue weighted by molar-refractivity contribution is 7.99. The smallest absolute Gasteiger partial charge is 0.190 e. The Morgan fingerprint density at radius 1 is 1.29 bits per heavy atom. The van der Waals surface area contributed by atoms with E-state index >= 15 is 0 Å². The summed E-state index contributed by atoms with van der Waals surface area (Å²) in [5, 5.41) is 9.99. The van der Waals surface area contributed by atoms with Crippen molar-refractivity contribution in [3.8, 4) is 17.3 Å². The quantitative estimate of drug-likeness (QED) is 0.382. The third kappa shape index (κ3) is 3.72. The van der Waals surface area contributed by atoms with E-state index < -0.39 is 0 Å². The van der Waals surface area contributed by atoms with Crippen molar-refractivity contribution in [3.63, 3.8) is 0 Å². The first-order chi connectivity index (χ1) is 10.2. The van der Waals surface area contributed by atoms with Crippen LogP contribution in [0.1, 0.15) is 19.4 Å². The zero-order chi connectivity index (χ0) is 15.2. The second kappa shape index (κ2) is 7.07. The lowest BCUT2D eigenvalue weighted by Gasteiger charge is -2.11. The first kappa shape index (κ1) is 15.3. The Morgan fingerprint density at radius 2 is 2.00 bits per heavy atom. The van der Waals surface area contributed by atoms with E-state index in [1.807, 2.05) is 30.3 Å². The molecule has 6 heteroatoms. The SMILES string of the molecule is CC(C)CSc1nc(NN)c(C#N)c(-c2ccccc2)n1. The first-order valence-electron chi connectivity index (χ1n) is 6.62. The van der Waals surface area contributed by atoms with Gasteiger partial charge in [0, 0.05) is 11.3 Å². The number of nitriles is 1. The molecule has 1 aromatic heterocycles. The lowest BCUT2D eigenvalue weighted by atomic mass is 10.1. The Kier molecular flexibility index (Phi) is 5.14. The third-order valence-electron chi connectivity index (χ3n) is 2.73. The van der Waals surface area contributed by atoms with Crippen LogP contribution in [0.15, 0.2) is 35.5 Å². The van der Waals surface area contributed by atoms with Crippen LogP contribution in [-0.2, 0) is 0 Å². The van der Waals surface area contributed by atoms with Crippen LogP contribution in [0.25, 0.3) is 11.3 Å². The second-order valence-corrected chi connectivity index (χ2v) is 5.89. The summed E-state index contributed by atoms with van der Waals surface area (Å²) in [5.74, 6) is 7.29. The largest absolute Gasteiger partial charge is 0.307 e. The van der Waals surface area contributed by atoms with Crippen molar-refractivity contribution >= 4 is 17.6 Å². The van der Waals surface area contributed by atoms with Crippen LogP contribution in [0, 0.1) is 17.2 Å². The van der Waals surface area contributed by atoms with E-state index in [4.69, 9.17) is 5.84 Å². The van der Waals surface area contributed by atoms with Gasteiger partial charge in [0.2, 0.25) is 0 Å². The maximum Gasteiger partial charge on any atom is 0.190 e. The number of nitrogens with zero attached hydrogens (tertiary/aromatic N) is 3. The molecule has 0 saturated carbocycles. The highest BCUT2D eigenvalue weighted by Gasteiger charge is 2.15. The number of aromatic nitrogens is 2. The lowest BCUT2D eigenvalue weighted by molar-refractivity contribution is 0.748. The van der Waals surface area contributed by atoms with E-state index in [2.05, 4.69) is 35.3 Å². The summed E-state index contributed by atoms with van der Waals surface area (Å²) >= 11 is 1.56. The number of anilines is 1. The van der Waals surface area contributed by atoms with E-state index in [1.54, 1.807) is 11.8 Å². The predicted octanol–water partition coefficient (Wildman–Crippen LogP) is 3.05. The Labute approximate surface area is 128 Å². The van der Waals surface area contributed by atoms with Gasteiger partial charge in [0.05, 0.1) is 5.69 Å². The fourth-order valence-electron chi connectivity index (χ4n) is 1.76. The molecule has 0 atom stereocenters. The number of thioether (sulfide) groups is 1. The number of nitrogens with one attached hydrogen (secondary N) is 1. The van der Waals surface area contributed by atoms with Crippen molar-refractivity contribution in [3.05, 3.63) is 35.9 Å². The van der Waals surface area contributed by atoms with Crippen molar-refractivity contribution in [2.45, 2.75) is 19.0 Å². The molecule has 1 heterocycles. The Bertz CT molecular complexity index is 649. The first-order valence-corrected chi connectivity index (χ1v) is 7.61. The van der Waals surface area contributed by atoms with E-state index in [-0.39, 0.29) is 0 Å². The molecule has 21 heavy (non-hydrogen) atoms. The van der Waals surface area contributed by atoms with Gasteiger partial charge in [0.25, 0.3) is 0 Å². The summed E-state index contributed by atoms with van der Waals surface area (Å²) in [7, 11) is 0. The molecular formula is C15H17N5S. The zero-order valence-electron chi connectivity index (χ0n) is 12.0. The standard InChI is InChI=1S/C15H17N5S/c1-10(2)9-21-15-18-13(11-6-4-3-5-7-11)12(8-16)14(19-15)20-17/h3-7,10H,9,17H2,1-2H3,(H,18,19,20). The van der Waals surface area contributed by atoms with Gasteiger partial charge in [0.1, 0.15) is 11.6 Å². The van der Waals surface area contributed by atoms with Gasteiger partial charge in [-0.05, 0) is 5.92 Å². The number of benzene rings is 1. The fraction of sp³-hybridized carbons (Fsp3) is 0.267. The van der Waals surface area contributed by atoms with Gasteiger partial charge in [-0.2, -0.15) is 5.26 Å². The second-order valence-electron chi connectivity index (χ2n) is 4.91. The molecule has 0 spiro atoms. The maximum atomic E-state index is 9.37. The number of hydrogen-bond donors (Lipinski definition) is 2. The van der Waals surface area contributed by atoms with Gasteiger partial charge < -0.3 is 5.43 Å². The molecule has 2 aromatic rings. The molecule has 0 aliphatic rings. The van der Waals surface area contributed by atoms with Crippen molar-refractivity contribution in [2.75, 3.05) is 11.2 Å². The molecule has 5 nitrogen and oxygen atoms in total. The molecule has 0 saturated heterocycles. The number of nitrogens with two attached hydrogens (primary N) is 1. The van der Waals surface area contributed by atoms with Gasteiger partial charge in [-0.25, -0.2) is 15.8 Å². The van der Waals surface area contributed by atoms with Crippen LogP contribution in [-0.4, -0.2) is 15.7 Å². The normalized spacial score (nSPS) is 10.4. The summed E-state index contributed by atoms with van der Waals surface area (Å²) in [6.07, 6.45) is 0. The number of hydrazine groups is 1. The molecule has 0 unspecified atom stereocenters. The summed E-state index contributed by atoms with van der Waals surface area (Å²) in [5.41, 5.74) is 4.34. The Hall–Kier alpha value is -2.10. The van der Waals surface area contributed by atoms with E-state index in [0.717, 1.165) is 11.3 Å². The lowest BCUT2D eigenvalue weighted by Crippen LogP contribution is -2.12. The summed E-state index contributed by atoms with van der Waals surface area (Å²) in [6, 6.07) is 11.7. The van der Waals surface area contributed by atoms with Crippen molar-refractivity contribution in [2.24, 2.45) is 11.8 Å². The third-order valence-corrected chi connectivity index (χ3v) is 4.00. The van der Waals surface area contributed by atoms with Crippen LogP contribution >= 0.6 is 11.8 Å². The summed E-state index contributed by atoms with van der Waals surface area (Å²) < 4.78 is 0. The van der Waals surface area contributed by atoms with Crippen LogP contribution in [0.2, 0.25) is 0 Å². The highest BCUT2D eigenvalue weighted by Crippen LogP contribution is 2.28. The minimum Gasteiger partial charge on any atom is -0.307 e. The minimum absolute atomic E-state index is 0.359. The number of nitrogen functional groups attached to an aromatic ring is 1.